The fraction of sp³-hybridized carbons (Fsp3) is 0.0833. The van der Waals surface area contributed by atoms with Gasteiger partial charge in [0.1, 0.15) is 22.2 Å². The molecule has 5 nitrogen and oxygen atoms in total. The minimum absolute atomic E-state index is 0.225. The van der Waals surface area contributed by atoms with Crippen LogP contribution < -0.4 is 15.8 Å². The number of thiocarbonyl (C=S) groups is 1. The molecule has 0 saturated heterocycles. The Kier molecular flexibility index (Phi) is 4.28. The normalized spacial score (nSPS) is 10.0. The topological polar surface area (TPSA) is 73.1 Å². The molecule has 0 atom stereocenters. The first-order valence-electron chi connectivity index (χ1n) is 5.32. The van der Waals surface area contributed by atoms with Crippen LogP contribution in [0.25, 0.3) is 0 Å². The summed E-state index contributed by atoms with van der Waals surface area (Å²) in [5, 5.41) is 3.12. The molecule has 98 valence electrons. The highest BCUT2D eigenvalue weighted by atomic mass is 79.9. The van der Waals surface area contributed by atoms with Crippen LogP contribution in [-0.4, -0.2) is 22.1 Å². The zero-order valence-electron chi connectivity index (χ0n) is 10.1. The average Bonchev–Trinajstić information content (AvgIpc) is 2.38. The maximum absolute atomic E-state index is 5.46. The Labute approximate surface area is 124 Å². The van der Waals surface area contributed by atoms with Gasteiger partial charge in [-0.2, -0.15) is 0 Å². The largest absolute Gasteiger partial charge is 0.497 e. The number of hydrogen-bond donors (Lipinski definition) is 2. The lowest BCUT2D eigenvalue weighted by Crippen LogP contribution is -2.12. The van der Waals surface area contributed by atoms with Gasteiger partial charge in [0, 0.05) is 16.2 Å². The molecular weight excluding hydrogens is 328 g/mol. The van der Waals surface area contributed by atoms with E-state index in [1.165, 1.54) is 6.20 Å². The summed E-state index contributed by atoms with van der Waals surface area (Å²) in [4.78, 5) is 8.51. The summed E-state index contributed by atoms with van der Waals surface area (Å²) in [7, 11) is 1.61. The van der Waals surface area contributed by atoms with Crippen LogP contribution in [0.2, 0.25) is 0 Å². The number of nitrogens with one attached hydrogen (secondary N) is 1. The number of nitrogens with two attached hydrogens (primary N) is 1. The van der Waals surface area contributed by atoms with Gasteiger partial charge in [0.2, 0.25) is 0 Å². The molecule has 0 spiro atoms. The lowest BCUT2D eigenvalue weighted by molar-refractivity contribution is 0.415. The highest BCUT2D eigenvalue weighted by molar-refractivity contribution is 9.10. The third-order valence-electron chi connectivity index (χ3n) is 2.28. The molecule has 0 saturated carbocycles. The van der Waals surface area contributed by atoms with E-state index in [0.29, 0.717) is 11.5 Å². The van der Waals surface area contributed by atoms with E-state index >= 15 is 0 Å². The number of benzene rings is 1. The van der Waals surface area contributed by atoms with Crippen LogP contribution in [0.5, 0.6) is 5.75 Å². The van der Waals surface area contributed by atoms with Crippen molar-refractivity contribution in [3.63, 3.8) is 0 Å². The summed E-state index contributed by atoms with van der Waals surface area (Å²) in [6.45, 7) is 0. The Morgan fingerprint density at radius 3 is 2.68 bits per heavy atom. The van der Waals surface area contributed by atoms with Gasteiger partial charge in [0.15, 0.2) is 0 Å². The van der Waals surface area contributed by atoms with Crippen molar-refractivity contribution in [2.75, 3.05) is 12.4 Å². The summed E-state index contributed by atoms with van der Waals surface area (Å²) in [6.07, 6.45) is 3.10. The molecule has 0 radical (unpaired) electrons. The zero-order valence-corrected chi connectivity index (χ0v) is 12.5. The van der Waals surface area contributed by atoms with Gasteiger partial charge in [0.25, 0.3) is 0 Å². The standard InChI is InChI=1S/C12H11BrN4OS/c1-18-9-3-7(13)2-8(4-9)17-11-6-15-10(5-16-11)12(14)19/h2-6H,1H3,(H2,14,19)(H,16,17). The van der Waals surface area contributed by atoms with E-state index in [1.54, 1.807) is 13.3 Å². The minimum atomic E-state index is 0.225. The Hall–Kier alpha value is -1.73. The van der Waals surface area contributed by atoms with E-state index < -0.39 is 0 Å². The monoisotopic (exact) mass is 338 g/mol. The zero-order chi connectivity index (χ0) is 13.8. The van der Waals surface area contributed by atoms with Crippen LogP contribution in [-0.2, 0) is 0 Å². The van der Waals surface area contributed by atoms with Crippen molar-refractivity contribution >= 4 is 44.6 Å². The molecule has 2 rings (SSSR count). The second-order valence-corrected chi connectivity index (χ2v) is 5.01. The smallest absolute Gasteiger partial charge is 0.148 e. The van der Waals surface area contributed by atoms with E-state index in [0.717, 1.165) is 15.9 Å². The molecule has 1 aromatic carbocycles. The fourth-order valence-electron chi connectivity index (χ4n) is 1.42. The molecule has 0 fully saturated rings. The average molecular weight is 339 g/mol. The molecule has 0 aliphatic rings. The molecule has 2 aromatic rings. The van der Waals surface area contributed by atoms with Gasteiger partial charge in [-0.1, -0.05) is 28.1 Å². The molecule has 0 amide bonds. The van der Waals surface area contributed by atoms with Gasteiger partial charge in [-0.05, 0) is 12.1 Å². The lowest BCUT2D eigenvalue weighted by Gasteiger charge is -2.08. The molecule has 1 aromatic heterocycles. The predicted octanol–water partition coefficient (Wildman–Crippen LogP) is 2.63. The van der Waals surface area contributed by atoms with Gasteiger partial charge < -0.3 is 15.8 Å². The van der Waals surface area contributed by atoms with E-state index in [4.69, 9.17) is 22.7 Å². The minimum Gasteiger partial charge on any atom is -0.497 e. The third-order valence-corrected chi connectivity index (χ3v) is 2.95. The van der Waals surface area contributed by atoms with Gasteiger partial charge >= 0.3 is 0 Å². The molecule has 3 N–H and O–H groups in total. The first kappa shape index (κ1) is 13.7. The van der Waals surface area contributed by atoms with Crippen LogP contribution >= 0.6 is 28.1 Å². The summed E-state index contributed by atoms with van der Waals surface area (Å²) < 4.78 is 6.09. The molecular formula is C12H11BrN4OS. The number of nitrogens with zero attached hydrogens (tertiary/aromatic N) is 2. The number of hydrogen-bond acceptors (Lipinski definition) is 5. The number of halogens is 1. The van der Waals surface area contributed by atoms with Crippen molar-refractivity contribution in [2.45, 2.75) is 0 Å². The quantitative estimate of drug-likeness (QED) is 0.835. The van der Waals surface area contributed by atoms with Gasteiger partial charge in [-0.3, -0.25) is 0 Å². The van der Waals surface area contributed by atoms with Crippen LogP contribution in [0.4, 0.5) is 11.5 Å². The van der Waals surface area contributed by atoms with E-state index in [2.05, 4.69) is 31.2 Å². The maximum Gasteiger partial charge on any atom is 0.148 e. The van der Waals surface area contributed by atoms with Crippen molar-refractivity contribution in [3.8, 4) is 5.75 Å². The van der Waals surface area contributed by atoms with Crippen molar-refractivity contribution in [3.05, 3.63) is 40.8 Å². The third kappa shape index (κ3) is 3.62. The van der Waals surface area contributed by atoms with Crippen molar-refractivity contribution in [2.24, 2.45) is 5.73 Å². The molecule has 19 heavy (non-hydrogen) atoms. The maximum atomic E-state index is 5.46. The second-order valence-electron chi connectivity index (χ2n) is 3.66. The van der Waals surface area contributed by atoms with Crippen molar-refractivity contribution in [1.29, 1.82) is 0 Å². The molecule has 0 unspecified atom stereocenters. The highest BCUT2D eigenvalue weighted by Crippen LogP contribution is 2.26. The lowest BCUT2D eigenvalue weighted by atomic mass is 10.3. The Morgan fingerprint density at radius 1 is 1.32 bits per heavy atom. The first-order chi connectivity index (χ1) is 9.08. The molecule has 0 bridgehead atoms. The molecule has 7 heteroatoms. The predicted molar refractivity (Wildman–Crippen MR) is 81.9 cm³/mol. The molecule has 0 aliphatic heterocycles. The number of aromatic nitrogens is 2. The summed E-state index contributed by atoms with van der Waals surface area (Å²) >= 11 is 8.23. The van der Waals surface area contributed by atoms with Crippen LogP contribution in [0.1, 0.15) is 5.69 Å². The number of rotatable bonds is 4. The van der Waals surface area contributed by atoms with Crippen LogP contribution in [0, 0.1) is 0 Å². The van der Waals surface area contributed by atoms with Gasteiger partial charge in [-0.25, -0.2) is 9.97 Å². The number of anilines is 2. The van der Waals surface area contributed by atoms with Crippen LogP contribution in [0.3, 0.4) is 0 Å². The summed E-state index contributed by atoms with van der Waals surface area (Å²) in [5.74, 6) is 1.34. The van der Waals surface area contributed by atoms with E-state index in [1.807, 2.05) is 18.2 Å². The Balaban J connectivity index is 2.21. The number of methoxy groups -OCH3 is 1. The Bertz CT molecular complexity index is 603. The van der Waals surface area contributed by atoms with Crippen molar-refractivity contribution < 1.29 is 4.74 Å². The summed E-state index contributed by atoms with van der Waals surface area (Å²) in [5.41, 5.74) is 6.79. The Morgan fingerprint density at radius 2 is 2.11 bits per heavy atom. The SMILES string of the molecule is COc1cc(Br)cc(Nc2cnc(C(N)=S)cn2)c1. The van der Waals surface area contributed by atoms with Gasteiger partial charge in [-0.15, -0.1) is 0 Å². The molecule has 1 heterocycles. The highest BCUT2D eigenvalue weighted by Gasteiger charge is 2.03. The van der Waals surface area contributed by atoms with E-state index in [-0.39, 0.29) is 4.99 Å². The van der Waals surface area contributed by atoms with E-state index in [9.17, 15) is 0 Å². The summed E-state index contributed by atoms with van der Waals surface area (Å²) in [6, 6.07) is 5.63. The first-order valence-corrected chi connectivity index (χ1v) is 6.52. The van der Waals surface area contributed by atoms with Gasteiger partial charge in [0.05, 0.1) is 19.5 Å². The number of ether oxygens (including phenoxy) is 1. The fourth-order valence-corrected chi connectivity index (χ4v) is 2.00. The second kappa shape index (κ2) is 5.94. The van der Waals surface area contributed by atoms with Crippen molar-refractivity contribution in [1.82, 2.24) is 9.97 Å². The molecule has 0 aliphatic carbocycles. The van der Waals surface area contributed by atoms with Crippen LogP contribution in [0.15, 0.2) is 35.1 Å².